The molecule has 0 bridgehead atoms. The first-order chi connectivity index (χ1) is 20.0. The van der Waals surface area contributed by atoms with Crippen LogP contribution in [0.2, 0.25) is 0 Å². The highest BCUT2D eigenvalue weighted by atomic mass is 19.3. The van der Waals surface area contributed by atoms with Crippen molar-refractivity contribution >= 4 is 17.5 Å². The van der Waals surface area contributed by atoms with Gasteiger partial charge in [-0.25, -0.2) is 27.1 Å². The topological polar surface area (TPSA) is 88.4 Å². The zero-order valence-electron chi connectivity index (χ0n) is 23.5. The van der Waals surface area contributed by atoms with Gasteiger partial charge in [-0.3, -0.25) is 9.59 Å². The zero-order chi connectivity index (χ0) is 29.6. The lowest BCUT2D eigenvalue weighted by Gasteiger charge is -2.33. The quantitative estimate of drug-likeness (QED) is 0.265. The molecule has 7 nitrogen and oxygen atoms in total. The van der Waals surface area contributed by atoms with Crippen LogP contribution in [0.3, 0.4) is 0 Å². The molecule has 0 spiro atoms. The fourth-order valence-corrected chi connectivity index (χ4v) is 6.13. The van der Waals surface area contributed by atoms with Crippen molar-refractivity contribution < 1.29 is 27.2 Å². The summed E-state index contributed by atoms with van der Waals surface area (Å²) >= 11 is 0. The average Bonchev–Trinajstić information content (AvgIpc) is 3.86. The minimum absolute atomic E-state index is 0.00958. The van der Waals surface area contributed by atoms with E-state index < -0.39 is 29.7 Å². The van der Waals surface area contributed by atoms with Gasteiger partial charge in [0.15, 0.2) is 5.65 Å². The van der Waals surface area contributed by atoms with Crippen LogP contribution < -0.4 is 10.6 Å². The highest BCUT2D eigenvalue weighted by Crippen LogP contribution is 2.55. The maximum Gasteiger partial charge on any atom is 0.255 e. The van der Waals surface area contributed by atoms with Crippen molar-refractivity contribution in [2.24, 2.45) is 11.8 Å². The molecule has 3 atom stereocenters. The molecular weight excluding hydrogens is 550 g/mol. The largest absolute Gasteiger partial charge is 0.349 e. The van der Waals surface area contributed by atoms with Crippen LogP contribution in [-0.4, -0.2) is 38.3 Å². The molecule has 2 aromatic heterocycles. The van der Waals surface area contributed by atoms with E-state index >= 15 is 0 Å². The van der Waals surface area contributed by atoms with Gasteiger partial charge in [0.2, 0.25) is 11.8 Å². The monoisotopic (exact) mass is 585 g/mol. The lowest BCUT2D eigenvalue weighted by molar-refractivity contribution is -0.122. The van der Waals surface area contributed by atoms with Gasteiger partial charge in [-0.2, -0.15) is 5.10 Å². The summed E-state index contributed by atoms with van der Waals surface area (Å²) in [5, 5.41) is 10.6. The van der Waals surface area contributed by atoms with E-state index in [9.17, 15) is 27.2 Å². The summed E-state index contributed by atoms with van der Waals surface area (Å²) in [5.74, 6) is -6.83. The second-order valence-corrected chi connectivity index (χ2v) is 12.2. The minimum atomic E-state index is -2.76. The molecule has 3 aromatic rings. The molecule has 0 saturated heterocycles. The summed E-state index contributed by atoms with van der Waals surface area (Å²) in [4.78, 5) is 30.6. The van der Waals surface area contributed by atoms with Crippen molar-refractivity contribution in [2.75, 3.05) is 0 Å². The van der Waals surface area contributed by atoms with E-state index in [1.165, 1.54) is 6.07 Å². The summed E-state index contributed by atoms with van der Waals surface area (Å²) in [6, 6.07) is 7.26. The van der Waals surface area contributed by atoms with Gasteiger partial charge >= 0.3 is 0 Å². The molecule has 2 heterocycles. The van der Waals surface area contributed by atoms with Crippen LogP contribution in [0.15, 0.2) is 42.7 Å². The normalized spacial score (nSPS) is 22.8. The SMILES string of the molecule is CCCC(=O)N[C@@H](c1cnn2cc([C@@H](NC(=O)c3cccc(C4CC4(F)F)c3)C3CCC(F)(F)CC3)nc2c1)C1CC1. The Bertz CT molecular complexity index is 1480. The molecule has 3 aliphatic rings. The molecular formula is C31H35F4N5O2. The number of rotatable bonds is 10. The van der Waals surface area contributed by atoms with Crippen LogP contribution >= 0.6 is 0 Å². The van der Waals surface area contributed by atoms with E-state index in [1.54, 1.807) is 35.1 Å². The molecule has 3 fully saturated rings. The highest BCUT2D eigenvalue weighted by Gasteiger charge is 2.57. The summed E-state index contributed by atoms with van der Waals surface area (Å²) in [5.41, 5.74) is 2.50. The zero-order valence-corrected chi connectivity index (χ0v) is 23.5. The van der Waals surface area contributed by atoms with E-state index in [1.807, 2.05) is 13.0 Å². The number of nitrogens with one attached hydrogen (secondary N) is 2. The number of aromatic nitrogens is 3. The number of imidazole rings is 1. The Hall–Kier alpha value is -3.50. The number of halogens is 4. The molecule has 1 aromatic carbocycles. The maximum atomic E-state index is 14.0. The summed E-state index contributed by atoms with van der Waals surface area (Å²) in [6.45, 7) is 1.95. The standard InChI is InChI=1S/C31H35F4N5O2/c1-2-4-26(41)38-27(18-7-8-18)22-14-25-37-24(17-40(25)36-16-22)28(19-9-11-30(32,33)12-10-19)39-29(42)21-6-3-5-20(13-21)23-15-31(23,34)35/h3,5-6,13-14,16-19,23,27-28H,2,4,7-12,15H2,1H3,(H,38,41)(H,39,42)/t23?,27-,28+/m1/s1. The van der Waals surface area contributed by atoms with Gasteiger partial charge in [-0.1, -0.05) is 19.1 Å². The van der Waals surface area contributed by atoms with Crippen LogP contribution in [0.4, 0.5) is 17.6 Å². The van der Waals surface area contributed by atoms with Crippen LogP contribution in [-0.2, 0) is 4.79 Å². The van der Waals surface area contributed by atoms with E-state index in [-0.39, 0.29) is 55.5 Å². The molecule has 2 N–H and O–H groups in total. The fourth-order valence-electron chi connectivity index (χ4n) is 6.13. The van der Waals surface area contributed by atoms with E-state index in [4.69, 9.17) is 4.98 Å². The Morgan fingerprint density at radius 2 is 1.74 bits per heavy atom. The van der Waals surface area contributed by atoms with Crippen molar-refractivity contribution in [2.45, 2.75) is 94.6 Å². The van der Waals surface area contributed by atoms with Crippen LogP contribution in [0.5, 0.6) is 0 Å². The number of benzene rings is 1. The lowest BCUT2D eigenvalue weighted by Crippen LogP contribution is -2.37. The summed E-state index contributed by atoms with van der Waals surface area (Å²) in [6.07, 6.45) is 6.22. The third kappa shape index (κ3) is 6.15. The van der Waals surface area contributed by atoms with Gasteiger partial charge in [0.05, 0.1) is 36.1 Å². The number of alkyl halides is 4. The van der Waals surface area contributed by atoms with Crippen molar-refractivity contribution in [1.29, 1.82) is 0 Å². The number of hydrogen-bond donors (Lipinski definition) is 2. The lowest BCUT2D eigenvalue weighted by atomic mass is 9.81. The Kier molecular flexibility index (Phi) is 7.47. The first-order valence-electron chi connectivity index (χ1n) is 14.8. The molecule has 3 saturated carbocycles. The molecule has 42 heavy (non-hydrogen) atoms. The van der Waals surface area contributed by atoms with Crippen LogP contribution in [0, 0.1) is 11.8 Å². The van der Waals surface area contributed by atoms with Gasteiger partial charge in [0, 0.05) is 31.2 Å². The smallest absolute Gasteiger partial charge is 0.255 e. The van der Waals surface area contributed by atoms with Crippen molar-refractivity contribution in [3.05, 3.63) is 65.1 Å². The number of nitrogens with zero attached hydrogens (tertiary/aromatic N) is 3. The number of amides is 2. The first-order valence-corrected chi connectivity index (χ1v) is 14.8. The third-order valence-corrected chi connectivity index (χ3v) is 8.82. The van der Waals surface area contributed by atoms with Crippen molar-refractivity contribution in [3.63, 3.8) is 0 Å². The van der Waals surface area contributed by atoms with Gasteiger partial charge in [0.25, 0.3) is 11.8 Å². The predicted octanol–water partition coefficient (Wildman–Crippen LogP) is 6.52. The Labute approximate surface area is 241 Å². The fraction of sp³-hybridized carbons (Fsp3) is 0.548. The van der Waals surface area contributed by atoms with Crippen molar-refractivity contribution in [3.8, 4) is 0 Å². The van der Waals surface area contributed by atoms with Gasteiger partial charge < -0.3 is 10.6 Å². The number of fused-ring (bicyclic) bond motifs is 1. The molecule has 3 aliphatic carbocycles. The average molecular weight is 586 g/mol. The van der Waals surface area contributed by atoms with Crippen LogP contribution in [0.25, 0.3) is 5.65 Å². The van der Waals surface area contributed by atoms with E-state index in [0.29, 0.717) is 29.2 Å². The number of hydrogen-bond acceptors (Lipinski definition) is 4. The minimum Gasteiger partial charge on any atom is -0.349 e. The Morgan fingerprint density at radius 1 is 1.02 bits per heavy atom. The van der Waals surface area contributed by atoms with Crippen molar-refractivity contribution in [1.82, 2.24) is 25.2 Å². The molecule has 1 unspecified atom stereocenters. The predicted molar refractivity (Wildman–Crippen MR) is 147 cm³/mol. The van der Waals surface area contributed by atoms with Crippen LogP contribution in [0.1, 0.15) is 110 Å². The Morgan fingerprint density at radius 3 is 2.40 bits per heavy atom. The summed E-state index contributed by atoms with van der Waals surface area (Å²) in [7, 11) is 0. The number of carbonyl (C=O) groups excluding carboxylic acids is 2. The molecule has 11 heteroatoms. The van der Waals surface area contributed by atoms with Gasteiger partial charge in [-0.15, -0.1) is 0 Å². The molecule has 0 aliphatic heterocycles. The van der Waals surface area contributed by atoms with E-state index in [2.05, 4.69) is 15.7 Å². The van der Waals surface area contributed by atoms with E-state index in [0.717, 1.165) is 24.8 Å². The second kappa shape index (κ2) is 11.0. The molecule has 0 radical (unpaired) electrons. The molecule has 2 amide bonds. The molecule has 6 rings (SSSR count). The second-order valence-electron chi connectivity index (χ2n) is 12.2. The maximum absolute atomic E-state index is 14.0. The highest BCUT2D eigenvalue weighted by molar-refractivity contribution is 5.94. The first kappa shape index (κ1) is 28.6. The summed E-state index contributed by atoms with van der Waals surface area (Å²) < 4.78 is 57.0. The number of carbonyl (C=O) groups is 2. The Balaban J connectivity index is 1.27. The van der Waals surface area contributed by atoms with Gasteiger partial charge in [-0.05, 0) is 73.3 Å². The molecule has 224 valence electrons. The van der Waals surface area contributed by atoms with Gasteiger partial charge in [0.1, 0.15) is 0 Å². The third-order valence-electron chi connectivity index (χ3n) is 8.82.